The number of benzene rings is 1. The first kappa shape index (κ1) is 22.6. The van der Waals surface area contributed by atoms with Crippen molar-refractivity contribution in [1.82, 2.24) is 25.4 Å². The fraction of sp³-hybridized carbons (Fsp3) is 0.550. The molecular weight excluding hydrogens is 470 g/mol. The minimum Gasteiger partial charge on any atom is -0.357 e. The Hall–Kier alpha value is -1.71. The number of guanidine groups is 1. The average Bonchev–Trinajstić information content (AvgIpc) is 3.01. The molecule has 8 heteroatoms. The highest BCUT2D eigenvalue weighted by atomic mass is 127. The van der Waals surface area contributed by atoms with Crippen molar-refractivity contribution in [3.63, 3.8) is 0 Å². The van der Waals surface area contributed by atoms with E-state index < -0.39 is 0 Å². The average molecular weight is 500 g/mol. The monoisotopic (exact) mass is 500 g/mol. The summed E-state index contributed by atoms with van der Waals surface area (Å²) < 4.78 is 15.6. The first-order valence-electron chi connectivity index (χ1n) is 9.61. The number of hydrogen-bond donors (Lipinski definition) is 2. The Balaban J connectivity index is 0.00000280. The van der Waals surface area contributed by atoms with E-state index in [-0.39, 0.29) is 41.3 Å². The van der Waals surface area contributed by atoms with E-state index in [0.29, 0.717) is 6.54 Å². The molecule has 1 atom stereocenters. The number of aliphatic imine (C=N–C) groups is 1. The molecule has 0 aliphatic carbocycles. The van der Waals surface area contributed by atoms with Gasteiger partial charge >= 0.3 is 0 Å². The van der Waals surface area contributed by atoms with Crippen molar-refractivity contribution in [2.24, 2.45) is 4.99 Å². The number of hydrogen-bond acceptors (Lipinski definition) is 3. The Bertz CT molecular complexity index is 817. The summed E-state index contributed by atoms with van der Waals surface area (Å²) in [5.74, 6) is 2.30. The summed E-state index contributed by atoms with van der Waals surface area (Å²) in [4.78, 5) is 9.36. The molecule has 2 heterocycles. The summed E-state index contributed by atoms with van der Waals surface area (Å²) in [6, 6.07) is 6.84. The zero-order chi connectivity index (χ0) is 19.4. The molecule has 28 heavy (non-hydrogen) atoms. The molecule has 2 N–H and O–H groups in total. The third-order valence-corrected chi connectivity index (χ3v) is 4.87. The molecule has 6 nitrogen and oxygen atoms in total. The summed E-state index contributed by atoms with van der Waals surface area (Å²) in [5.41, 5.74) is 0.670. The van der Waals surface area contributed by atoms with Gasteiger partial charge in [0.25, 0.3) is 0 Å². The summed E-state index contributed by atoms with van der Waals surface area (Å²) in [7, 11) is 0. The summed E-state index contributed by atoms with van der Waals surface area (Å²) in [6.45, 7) is 10.3. The molecule has 1 aliphatic heterocycles. The molecule has 3 rings (SSSR count). The normalized spacial score (nSPS) is 16.9. The molecule has 1 aromatic heterocycles. The molecule has 0 amide bonds. The third kappa shape index (κ3) is 5.42. The van der Waals surface area contributed by atoms with Crippen molar-refractivity contribution in [2.45, 2.75) is 58.5 Å². The van der Waals surface area contributed by atoms with Gasteiger partial charge in [-0.3, -0.25) is 4.99 Å². The fourth-order valence-corrected chi connectivity index (χ4v) is 3.37. The van der Waals surface area contributed by atoms with Crippen LogP contribution in [0.25, 0.3) is 0 Å². The van der Waals surface area contributed by atoms with Crippen molar-refractivity contribution in [3.8, 4) is 0 Å². The third-order valence-electron chi connectivity index (χ3n) is 4.87. The van der Waals surface area contributed by atoms with Crippen LogP contribution in [0.3, 0.4) is 0 Å². The number of halogens is 2. The lowest BCUT2D eigenvalue weighted by Crippen LogP contribution is -2.42. The van der Waals surface area contributed by atoms with Crippen molar-refractivity contribution in [1.29, 1.82) is 0 Å². The van der Waals surface area contributed by atoms with Crippen LogP contribution < -0.4 is 10.6 Å². The Morgan fingerprint density at radius 1 is 1.39 bits per heavy atom. The van der Waals surface area contributed by atoms with Gasteiger partial charge in [-0.2, -0.15) is 5.10 Å². The van der Waals surface area contributed by atoms with Gasteiger partial charge in [-0.15, -0.1) is 24.0 Å². The molecule has 2 aromatic rings. The van der Waals surface area contributed by atoms with Crippen LogP contribution in [0, 0.1) is 12.7 Å². The van der Waals surface area contributed by atoms with Gasteiger partial charge < -0.3 is 10.6 Å². The van der Waals surface area contributed by atoms with Crippen LogP contribution in [-0.4, -0.2) is 33.8 Å². The van der Waals surface area contributed by atoms with Gasteiger partial charge in [0.15, 0.2) is 5.96 Å². The molecule has 0 saturated heterocycles. The number of fused-ring (bicyclic) bond motifs is 1. The lowest BCUT2D eigenvalue weighted by Gasteiger charge is -2.27. The SMILES string of the molecule is CCNC(=NCC(C)(C)c1cccc(F)c1)NC1CCCn2nc(C)nc21.I. The maximum Gasteiger partial charge on any atom is 0.191 e. The van der Waals surface area contributed by atoms with Crippen LogP contribution in [0.2, 0.25) is 0 Å². The summed E-state index contributed by atoms with van der Waals surface area (Å²) >= 11 is 0. The largest absolute Gasteiger partial charge is 0.357 e. The molecule has 0 radical (unpaired) electrons. The van der Waals surface area contributed by atoms with Gasteiger partial charge in [0.1, 0.15) is 17.5 Å². The molecule has 0 fully saturated rings. The van der Waals surface area contributed by atoms with Gasteiger partial charge in [0, 0.05) is 18.5 Å². The molecule has 1 aliphatic rings. The zero-order valence-corrected chi connectivity index (χ0v) is 19.3. The predicted molar refractivity (Wildman–Crippen MR) is 121 cm³/mol. The molecule has 0 saturated carbocycles. The van der Waals surface area contributed by atoms with Gasteiger partial charge in [-0.25, -0.2) is 14.1 Å². The van der Waals surface area contributed by atoms with E-state index in [4.69, 9.17) is 4.99 Å². The van der Waals surface area contributed by atoms with E-state index in [1.165, 1.54) is 6.07 Å². The lowest BCUT2D eigenvalue weighted by atomic mass is 9.85. The first-order valence-corrected chi connectivity index (χ1v) is 9.61. The van der Waals surface area contributed by atoms with E-state index in [1.807, 2.05) is 24.6 Å². The van der Waals surface area contributed by atoms with Crippen molar-refractivity contribution in [3.05, 3.63) is 47.3 Å². The predicted octanol–water partition coefficient (Wildman–Crippen LogP) is 3.71. The number of aromatic nitrogens is 3. The van der Waals surface area contributed by atoms with Gasteiger partial charge in [-0.1, -0.05) is 26.0 Å². The van der Waals surface area contributed by atoms with Gasteiger partial charge in [-0.05, 0) is 44.4 Å². The quantitative estimate of drug-likeness (QED) is 0.373. The highest BCUT2D eigenvalue weighted by Crippen LogP contribution is 2.25. The molecule has 1 aromatic carbocycles. The van der Waals surface area contributed by atoms with E-state index in [9.17, 15) is 4.39 Å². The number of rotatable bonds is 5. The van der Waals surface area contributed by atoms with Crippen molar-refractivity contribution < 1.29 is 4.39 Å². The summed E-state index contributed by atoms with van der Waals surface area (Å²) in [6.07, 6.45) is 2.05. The van der Waals surface area contributed by atoms with Gasteiger partial charge in [0.2, 0.25) is 0 Å². The maximum atomic E-state index is 13.6. The van der Waals surface area contributed by atoms with Crippen molar-refractivity contribution in [2.75, 3.05) is 13.1 Å². The Morgan fingerprint density at radius 3 is 2.89 bits per heavy atom. The van der Waals surface area contributed by atoms with Crippen LogP contribution in [0.4, 0.5) is 4.39 Å². The Morgan fingerprint density at radius 2 is 2.18 bits per heavy atom. The summed E-state index contributed by atoms with van der Waals surface area (Å²) in [5, 5.41) is 11.3. The Kier molecular flexibility index (Phi) is 7.79. The second kappa shape index (κ2) is 9.67. The van der Waals surface area contributed by atoms with Crippen LogP contribution in [0.1, 0.15) is 56.9 Å². The van der Waals surface area contributed by atoms with Crippen LogP contribution in [0.5, 0.6) is 0 Å². The van der Waals surface area contributed by atoms with E-state index in [1.54, 1.807) is 12.1 Å². The van der Waals surface area contributed by atoms with Crippen LogP contribution in [-0.2, 0) is 12.0 Å². The maximum absolute atomic E-state index is 13.6. The highest BCUT2D eigenvalue weighted by Gasteiger charge is 2.25. The van der Waals surface area contributed by atoms with E-state index in [0.717, 1.165) is 49.1 Å². The van der Waals surface area contributed by atoms with Crippen LogP contribution >= 0.6 is 24.0 Å². The van der Waals surface area contributed by atoms with Crippen LogP contribution in [0.15, 0.2) is 29.3 Å². The smallest absolute Gasteiger partial charge is 0.191 e. The minimum absolute atomic E-state index is 0. The number of nitrogens with zero attached hydrogens (tertiary/aromatic N) is 4. The highest BCUT2D eigenvalue weighted by molar-refractivity contribution is 14.0. The second-order valence-corrected chi connectivity index (χ2v) is 7.67. The van der Waals surface area contributed by atoms with E-state index in [2.05, 4.69) is 34.6 Å². The fourth-order valence-electron chi connectivity index (χ4n) is 3.37. The molecule has 0 bridgehead atoms. The van der Waals surface area contributed by atoms with Crippen molar-refractivity contribution >= 4 is 29.9 Å². The first-order chi connectivity index (χ1) is 12.9. The molecule has 1 unspecified atom stereocenters. The zero-order valence-electron chi connectivity index (χ0n) is 17.0. The minimum atomic E-state index is -0.270. The van der Waals surface area contributed by atoms with Gasteiger partial charge in [0.05, 0.1) is 12.6 Å². The molecular formula is C20H30FIN6. The van der Waals surface area contributed by atoms with E-state index >= 15 is 0 Å². The topological polar surface area (TPSA) is 67.1 Å². The number of nitrogens with one attached hydrogen (secondary N) is 2. The standard InChI is InChI=1S/C20H29FN6.HI/c1-5-22-19(23-13-20(3,4)15-8-6-9-16(21)12-15)25-17-10-7-11-27-18(17)24-14(2)26-27;/h6,8-9,12,17H,5,7,10-11,13H2,1-4H3,(H2,22,23,25);1H. The number of aryl methyl sites for hydroxylation is 2. The second-order valence-electron chi connectivity index (χ2n) is 7.67. The molecule has 154 valence electrons. The Labute approximate surface area is 183 Å². The lowest BCUT2D eigenvalue weighted by molar-refractivity contribution is 0.397. The molecule has 0 spiro atoms.